The molecule has 2 rings (SSSR count). The number of hydrogen-bond donors (Lipinski definition) is 0. The van der Waals surface area contributed by atoms with Crippen LogP contribution in [0.3, 0.4) is 0 Å². The van der Waals surface area contributed by atoms with Crippen molar-refractivity contribution in [2.45, 2.75) is 33.2 Å². The Morgan fingerprint density at radius 3 is 2.46 bits per heavy atom. The fourth-order valence-corrected chi connectivity index (χ4v) is 2.16. The second kappa shape index (κ2) is 6.86. The number of oxazole rings is 1. The summed E-state index contributed by atoms with van der Waals surface area (Å²) in [4.78, 5) is 30.5. The Hall–Kier alpha value is -2.63. The number of esters is 1. The lowest BCUT2D eigenvalue weighted by molar-refractivity contribution is -0.153. The van der Waals surface area contributed by atoms with E-state index < -0.39 is 17.4 Å². The van der Waals surface area contributed by atoms with Crippen molar-refractivity contribution in [3.05, 3.63) is 41.8 Å². The van der Waals surface area contributed by atoms with Crippen molar-refractivity contribution in [3.8, 4) is 11.5 Å². The van der Waals surface area contributed by atoms with E-state index in [0.29, 0.717) is 11.7 Å². The highest BCUT2D eigenvalue weighted by molar-refractivity contribution is 5.97. The van der Waals surface area contributed by atoms with Crippen LogP contribution in [0.4, 0.5) is 0 Å². The van der Waals surface area contributed by atoms with Gasteiger partial charge in [-0.25, -0.2) is 9.78 Å². The number of hydrogen-bond acceptors (Lipinski definition) is 5. The number of carbonyl (C=O) groups excluding carboxylic acids is 2. The zero-order chi connectivity index (χ0) is 17.9. The number of carbonyl (C=O) groups is 2. The normalized spacial score (nSPS) is 11.2. The molecule has 0 spiro atoms. The maximum atomic E-state index is 12.8. The van der Waals surface area contributed by atoms with Gasteiger partial charge >= 0.3 is 5.97 Å². The number of rotatable bonds is 5. The molecule has 1 aromatic carbocycles. The van der Waals surface area contributed by atoms with Crippen molar-refractivity contribution < 1.29 is 18.7 Å². The second-order valence-electron chi connectivity index (χ2n) is 5.93. The highest BCUT2D eigenvalue weighted by atomic mass is 16.5. The third kappa shape index (κ3) is 3.32. The molecule has 6 nitrogen and oxygen atoms in total. The summed E-state index contributed by atoms with van der Waals surface area (Å²) in [5.41, 5.74) is -0.133. The fourth-order valence-electron chi connectivity index (χ4n) is 2.16. The molecule has 0 aliphatic rings. The van der Waals surface area contributed by atoms with Crippen molar-refractivity contribution in [2.24, 2.45) is 0 Å². The lowest BCUT2D eigenvalue weighted by Crippen LogP contribution is -2.51. The van der Waals surface area contributed by atoms with Crippen LogP contribution in [-0.4, -0.2) is 41.0 Å². The molecule has 0 radical (unpaired) electrons. The van der Waals surface area contributed by atoms with Crippen LogP contribution in [0.25, 0.3) is 11.5 Å². The van der Waals surface area contributed by atoms with Crippen LogP contribution in [-0.2, 0) is 9.53 Å². The molecule has 6 heteroatoms. The van der Waals surface area contributed by atoms with E-state index in [-0.39, 0.29) is 12.3 Å². The van der Waals surface area contributed by atoms with Gasteiger partial charge in [0.15, 0.2) is 5.69 Å². The van der Waals surface area contributed by atoms with E-state index in [9.17, 15) is 9.59 Å². The first-order valence-electron chi connectivity index (χ1n) is 7.77. The van der Waals surface area contributed by atoms with E-state index >= 15 is 0 Å². The van der Waals surface area contributed by atoms with E-state index in [0.717, 1.165) is 5.56 Å². The van der Waals surface area contributed by atoms with Crippen LogP contribution in [0.5, 0.6) is 0 Å². The van der Waals surface area contributed by atoms with Gasteiger partial charge in [0.25, 0.3) is 5.91 Å². The molecule has 0 aliphatic heterocycles. The van der Waals surface area contributed by atoms with E-state index in [1.807, 2.05) is 30.3 Å². The molecule has 0 saturated heterocycles. The molecule has 24 heavy (non-hydrogen) atoms. The van der Waals surface area contributed by atoms with Crippen LogP contribution in [0.15, 0.2) is 34.7 Å². The van der Waals surface area contributed by atoms with Crippen molar-refractivity contribution in [2.75, 3.05) is 13.7 Å². The summed E-state index contributed by atoms with van der Waals surface area (Å²) in [5, 5.41) is 0. The maximum Gasteiger partial charge on any atom is 0.331 e. The molecular formula is C18H22N2O4. The predicted molar refractivity (Wildman–Crippen MR) is 89.5 cm³/mol. The van der Waals surface area contributed by atoms with Crippen molar-refractivity contribution in [3.63, 3.8) is 0 Å². The standard InChI is InChI=1S/C18H22N2O4/c1-6-23-17(22)18(3,4)20(5)16(21)14-12(2)24-15(19-14)13-10-8-7-9-11-13/h7-11H,6H2,1-5H3. The molecule has 0 atom stereocenters. The van der Waals surface area contributed by atoms with Gasteiger partial charge in [-0.3, -0.25) is 4.79 Å². The zero-order valence-electron chi connectivity index (χ0n) is 14.6. The lowest BCUT2D eigenvalue weighted by atomic mass is 10.0. The first kappa shape index (κ1) is 17.7. The Balaban J connectivity index is 2.30. The lowest BCUT2D eigenvalue weighted by Gasteiger charge is -2.32. The Kier molecular flexibility index (Phi) is 5.07. The molecule has 1 aromatic heterocycles. The van der Waals surface area contributed by atoms with Crippen LogP contribution >= 0.6 is 0 Å². The monoisotopic (exact) mass is 330 g/mol. The van der Waals surface area contributed by atoms with Gasteiger partial charge in [-0.2, -0.15) is 0 Å². The number of nitrogens with zero attached hydrogens (tertiary/aromatic N) is 2. The molecule has 0 saturated carbocycles. The number of likely N-dealkylation sites (N-methyl/N-ethyl adjacent to an activating group) is 1. The fraction of sp³-hybridized carbons (Fsp3) is 0.389. The minimum absolute atomic E-state index is 0.189. The molecular weight excluding hydrogens is 308 g/mol. The van der Waals surface area contributed by atoms with E-state index in [1.165, 1.54) is 4.90 Å². The van der Waals surface area contributed by atoms with Crippen LogP contribution in [0.2, 0.25) is 0 Å². The summed E-state index contributed by atoms with van der Waals surface area (Å²) in [5.74, 6) is -0.0779. The summed E-state index contributed by atoms with van der Waals surface area (Å²) in [6, 6.07) is 9.33. The largest absolute Gasteiger partial charge is 0.464 e. The molecule has 0 aliphatic carbocycles. The molecule has 0 N–H and O–H groups in total. The molecule has 0 unspecified atom stereocenters. The zero-order valence-corrected chi connectivity index (χ0v) is 14.6. The number of amides is 1. The van der Waals surface area contributed by atoms with Gasteiger partial charge in [0.05, 0.1) is 6.61 Å². The smallest absolute Gasteiger partial charge is 0.331 e. The number of benzene rings is 1. The maximum absolute atomic E-state index is 12.8. The Bertz CT molecular complexity index is 735. The van der Waals surface area contributed by atoms with E-state index in [2.05, 4.69) is 4.98 Å². The van der Waals surface area contributed by atoms with Crippen molar-refractivity contribution in [1.82, 2.24) is 9.88 Å². The minimum Gasteiger partial charge on any atom is -0.464 e. The summed E-state index contributed by atoms with van der Waals surface area (Å²) >= 11 is 0. The SMILES string of the molecule is CCOC(=O)C(C)(C)N(C)C(=O)c1nc(-c2ccccc2)oc1C. The number of aromatic nitrogens is 1. The van der Waals surface area contributed by atoms with Gasteiger partial charge in [-0.1, -0.05) is 18.2 Å². The average Bonchev–Trinajstić information content (AvgIpc) is 2.96. The molecule has 1 amide bonds. The Labute approximate surface area is 141 Å². The molecule has 1 heterocycles. The van der Waals surface area contributed by atoms with Gasteiger partial charge in [0.2, 0.25) is 5.89 Å². The molecule has 0 fully saturated rings. The topological polar surface area (TPSA) is 72.6 Å². The summed E-state index contributed by atoms with van der Waals surface area (Å²) in [6.07, 6.45) is 0. The number of ether oxygens (including phenoxy) is 1. The van der Waals surface area contributed by atoms with Crippen molar-refractivity contribution >= 4 is 11.9 Å². The number of aryl methyl sites for hydroxylation is 1. The summed E-state index contributed by atoms with van der Waals surface area (Å²) in [6.45, 7) is 6.93. The van der Waals surface area contributed by atoms with Gasteiger partial charge in [0.1, 0.15) is 11.3 Å². The average molecular weight is 330 g/mol. The molecule has 0 bridgehead atoms. The highest BCUT2D eigenvalue weighted by Gasteiger charge is 2.38. The Morgan fingerprint density at radius 1 is 1.25 bits per heavy atom. The van der Waals surface area contributed by atoms with Crippen LogP contribution in [0.1, 0.15) is 37.0 Å². The third-order valence-electron chi connectivity index (χ3n) is 3.94. The Morgan fingerprint density at radius 2 is 1.88 bits per heavy atom. The van der Waals surface area contributed by atoms with Crippen LogP contribution < -0.4 is 0 Å². The highest BCUT2D eigenvalue weighted by Crippen LogP contribution is 2.24. The van der Waals surface area contributed by atoms with Crippen LogP contribution in [0, 0.1) is 6.92 Å². The van der Waals surface area contributed by atoms with E-state index in [4.69, 9.17) is 9.15 Å². The quantitative estimate of drug-likeness (QED) is 0.788. The second-order valence-corrected chi connectivity index (χ2v) is 5.93. The predicted octanol–water partition coefficient (Wildman–Crippen LogP) is 3.06. The van der Waals surface area contributed by atoms with Gasteiger partial charge in [-0.15, -0.1) is 0 Å². The van der Waals surface area contributed by atoms with Gasteiger partial charge in [-0.05, 0) is 39.8 Å². The molecule has 2 aromatic rings. The third-order valence-corrected chi connectivity index (χ3v) is 3.94. The summed E-state index contributed by atoms with van der Waals surface area (Å²) < 4.78 is 10.7. The summed E-state index contributed by atoms with van der Waals surface area (Å²) in [7, 11) is 1.55. The van der Waals surface area contributed by atoms with Gasteiger partial charge < -0.3 is 14.1 Å². The van der Waals surface area contributed by atoms with E-state index in [1.54, 1.807) is 34.7 Å². The first-order chi connectivity index (χ1) is 11.3. The van der Waals surface area contributed by atoms with Crippen molar-refractivity contribution in [1.29, 1.82) is 0 Å². The minimum atomic E-state index is -1.11. The molecule has 128 valence electrons. The first-order valence-corrected chi connectivity index (χ1v) is 7.77. The van der Waals surface area contributed by atoms with Gasteiger partial charge in [0, 0.05) is 12.6 Å².